The Morgan fingerprint density at radius 2 is 2.00 bits per heavy atom. The minimum Gasteiger partial charge on any atom is -0.481 e. The van der Waals surface area contributed by atoms with Crippen LogP contribution in [0.4, 0.5) is 10.3 Å². The molecule has 0 saturated carbocycles. The molecule has 2 rings (SSSR count). The van der Waals surface area contributed by atoms with E-state index in [1.807, 2.05) is 0 Å². The van der Waals surface area contributed by atoms with Gasteiger partial charge in [0.05, 0.1) is 21.5 Å². The van der Waals surface area contributed by atoms with E-state index in [1.165, 1.54) is 16.7 Å². The molecule has 0 spiro atoms. The fraction of sp³-hybridized carbons (Fsp3) is 0.100. The fourth-order valence-corrected chi connectivity index (χ4v) is 2.57. The average Bonchev–Trinajstić information content (AvgIpc) is 2.74. The number of benzene rings is 1. The molecule has 20 heavy (non-hydrogen) atoms. The number of carbonyl (C=O) groups is 1. The van der Waals surface area contributed by atoms with E-state index in [0.29, 0.717) is 5.69 Å². The normalized spacial score (nSPS) is 10.8. The van der Waals surface area contributed by atoms with Gasteiger partial charge in [-0.3, -0.25) is 9.36 Å². The van der Waals surface area contributed by atoms with Gasteiger partial charge in [0.25, 0.3) is 0 Å². The third-order valence-electron chi connectivity index (χ3n) is 2.21. The number of hydrogen-bond acceptors (Lipinski definition) is 5. The van der Waals surface area contributed by atoms with E-state index in [4.69, 9.17) is 34.0 Å². The molecule has 1 heterocycles. The van der Waals surface area contributed by atoms with Crippen molar-refractivity contribution < 1.29 is 14.3 Å². The number of aliphatic carboxylic acids is 1. The molecule has 1 aromatic carbocycles. The first kappa shape index (κ1) is 14.9. The number of thioether (sulfide) groups is 1. The third kappa shape index (κ3) is 2.97. The van der Waals surface area contributed by atoms with E-state index in [1.54, 1.807) is 0 Å². The number of hydrogen-bond donors (Lipinski definition) is 2. The van der Waals surface area contributed by atoms with Crippen LogP contribution in [0.15, 0.2) is 17.3 Å². The van der Waals surface area contributed by atoms with Crippen LogP contribution < -0.4 is 5.73 Å². The van der Waals surface area contributed by atoms with Crippen LogP contribution in [-0.4, -0.2) is 31.6 Å². The summed E-state index contributed by atoms with van der Waals surface area (Å²) in [6.45, 7) is 0. The topological polar surface area (TPSA) is 94.0 Å². The summed E-state index contributed by atoms with van der Waals surface area (Å²) in [7, 11) is 0. The predicted molar refractivity (Wildman–Crippen MR) is 74.1 cm³/mol. The molecule has 2 aromatic rings. The first-order chi connectivity index (χ1) is 9.40. The number of carboxylic acids is 1. The SMILES string of the molecule is Nc1nnc(SCC(=O)O)n1-c1cc(Cl)c(F)c(Cl)c1. The van der Waals surface area contributed by atoms with Crippen molar-refractivity contribution in [2.45, 2.75) is 5.16 Å². The lowest BCUT2D eigenvalue weighted by molar-refractivity contribution is -0.133. The summed E-state index contributed by atoms with van der Waals surface area (Å²) >= 11 is 12.3. The smallest absolute Gasteiger partial charge is 0.313 e. The molecule has 10 heteroatoms. The Kier molecular flexibility index (Phi) is 4.36. The van der Waals surface area contributed by atoms with Crippen LogP contribution >= 0.6 is 35.0 Å². The van der Waals surface area contributed by atoms with Crippen molar-refractivity contribution in [1.82, 2.24) is 14.8 Å². The minimum absolute atomic E-state index is 0.0108. The Morgan fingerprint density at radius 1 is 1.40 bits per heavy atom. The van der Waals surface area contributed by atoms with Gasteiger partial charge in [-0.2, -0.15) is 0 Å². The lowest BCUT2D eigenvalue weighted by Crippen LogP contribution is -2.05. The second-order valence-electron chi connectivity index (χ2n) is 3.58. The molecular weight excluding hydrogens is 330 g/mol. The predicted octanol–water partition coefficient (Wildman–Crippen LogP) is 2.47. The van der Waals surface area contributed by atoms with Gasteiger partial charge >= 0.3 is 5.97 Å². The Bertz CT molecular complexity index is 656. The largest absolute Gasteiger partial charge is 0.481 e. The lowest BCUT2D eigenvalue weighted by atomic mass is 10.3. The van der Waals surface area contributed by atoms with Crippen molar-refractivity contribution in [3.05, 3.63) is 28.0 Å². The molecule has 106 valence electrons. The summed E-state index contributed by atoms with van der Waals surface area (Å²) < 4.78 is 14.7. The highest BCUT2D eigenvalue weighted by Crippen LogP contribution is 2.30. The van der Waals surface area contributed by atoms with Crippen LogP contribution in [0.2, 0.25) is 10.0 Å². The van der Waals surface area contributed by atoms with Gasteiger partial charge < -0.3 is 10.8 Å². The zero-order valence-electron chi connectivity index (χ0n) is 9.68. The van der Waals surface area contributed by atoms with Gasteiger partial charge in [-0.1, -0.05) is 35.0 Å². The quantitative estimate of drug-likeness (QED) is 0.657. The van der Waals surface area contributed by atoms with Crippen molar-refractivity contribution in [3.8, 4) is 5.69 Å². The van der Waals surface area contributed by atoms with Crippen molar-refractivity contribution >= 4 is 46.9 Å². The minimum atomic E-state index is -1.02. The Balaban J connectivity index is 2.47. The number of nitrogens with two attached hydrogens (primary N) is 1. The molecule has 0 aliphatic heterocycles. The molecule has 3 N–H and O–H groups in total. The highest BCUT2D eigenvalue weighted by Gasteiger charge is 2.16. The summed E-state index contributed by atoms with van der Waals surface area (Å²) in [5.74, 6) is -1.97. The molecule has 0 bridgehead atoms. The van der Waals surface area contributed by atoms with Crippen molar-refractivity contribution in [3.63, 3.8) is 0 Å². The summed E-state index contributed by atoms with van der Waals surface area (Å²) in [4.78, 5) is 10.6. The monoisotopic (exact) mass is 336 g/mol. The van der Waals surface area contributed by atoms with Gasteiger partial charge in [0.1, 0.15) is 0 Å². The zero-order chi connectivity index (χ0) is 14.9. The molecule has 6 nitrogen and oxygen atoms in total. The molecule has 0 amide bonds. The van der Waals surface area contributed by atoms with E-state index < -0.39 is 11.8 Å². The highest BCUT2D eigenvalue weighted by atomic mass is 35.5. The van der Waals surface area contributed by atoms with Crippen LogP contribution in [0.25, 0.3) is 5.69 Å². The third-order valence-corrected chi connectivity index (χ3v) is 3.67. The molecule has 0 unspecified atom stereocenters. The van der Waals surface area contributed by atoms with Crippen LogP contribution in [-0.2, 0) is 4.79 Å². The maximum atomic E-state index is 13.4. The Labute approximate surface area is 126 Å². The molecule has 0 aliphatic carbocycles. The summed E-state index contributed by atoms with van der Waals surface area (Å²) in [5.41, 5.74) is 6.01. The van der Waals surface area contributed by atoms with Crippen molar-refractivity contribution in [2.75, 3.05) is 11.5 Å². The van der Waals surface area contributed by atoms with Crippen molar-refractivity contribution in [1.29, 1.82) is 0 Å². The van der Waals surface area contributed by atoms with Crippen LogP contribution in [0, 0.1) is 5.82 Å². The van der Waals surface area contributed by atoms with Gasteiger partial charge in [0.2, 0.25) is 5.95 Å². The van der Waals surface area contributed by atoms with Gasteiger partial charge in [-0.25, -0.2) is 4.39 Å². The number of halogens is 3. The van der Waals surface area contributed by atoms with Crippen molar-refractivity contribution in [2.24, 2.45) is 0 Å². The fourth-order valence-electron chi connectivity index (χ4n) is 1.42. The highest BCUT2D eigenvalue weighted by molar-refractivity contribution is 7.99. The summed E-state index contributed by atoms with van der Waals surface area (Å²) in [5, 5.41) is 15.9. The molecule has 0 fully saturated rings. The standard InChI is InChI=1S/C10H7Cl2FN4O2S/c11-5-1-4(2-6(12)8(5)13)17-9(14)15-16-10(17)20-3-7(18)19/h1-2H,3H2,(H2,14,15)(H,18,19). The van der Waals surface area contributed by atoms with Crippen LogP contribution in [0.5, 0.6) is 0 Å². The van der Waals surface area contributed by atoms with E-state index in [2.05, 4.69) is 10.2 Å². The molecular formula is C10H7Cl2FN4O2S. The van der Waals surface area contributed by atoms with E-state index >= 15 is 0 Å². The number of anilines is 1. The second kappa shape index (κ2) is 5.86. The molecule has 1 aromatic heterocycles. The second-order valence-corrected chi connectivity index (χ2v) is 5.34. The Morgan fingerprint density at radius 3 is 2.55 bits per heavy atom. The van der Waals surface area contributed by atoms with Crippen LogP contribution in [0.3, 0.4) is 0 Å². The van der Waals surface area contributed by atoms with E-state index in [9.17, 15) is 9.18 Å². The molecule has 0 saturated heterocycles. The van der Waals surface area contributed by atoms with Gasteiger partial charge in [0, 0.05) is 0 Å². The number of aromatic nitrogens is 3. The Hall–Kier alpha value is -1.51. The summed E-state index contributed by atoms with van der Waals surface area (Å²) in [6, 6.07) is 2.60. The zero-order valence-corrected chi connectivity index (χ0v) is 12.0. The summed E-state index contributed by atoms with van der Waals surface area (Å²) in [6.07, 6.45) is 0. The maximum absolute atomic E-state index is 13.4. The van der Waals surface area contributed by atoms with Gasteiger partial charge in [-0.05, 0) is 12.1 Å². The van der Waals surface area contributed by atoms with Gasteiger partial charge in [-0.15, -0.1) is 10.2 Å². The number of rotatable bonds is 4. The van der Waals surface area contributed by atoms with E-state index in [0.717, 1.165) is 11.8 Å². The maximum Gasteiger partial charge on any atom is 0.313 e. The molecule has 0 radical (unpaired) electrons. The molecule has 0 atom stereocenters. The van der Waals surface area contributed by atoms with E-state index in [-0.39, 0.29) is 26.9 Å². The number of nitrogen functional groups attached to an aromatic ring is 1. The number of nitrogens with zero attached hydrogens (tertiary/aromatic N) is 3. The first-order valence-corrected chi connectivity index (χ1v) is 6.84. The number of carboxylic acid groups (broad SMARTS) is 1. The molecule has 0 aliphatic rings. The first-order valence-electron chi connectivity index (χ1n) is 5.10. The average molecular weight is 337 g/mol. The lowest BCUT2D eigenvalue weighted by Gasteiger charge is -2.09. The van der Waals surface area contributed by atoms with Crippen LogP contribution in [0.1, 0.15) is 0 Å². The van der Waals surface area contributed by atoms with Gasteiger partial charge in [0.15, 0.2) is 11.0 Å².